The van der Waals surface area contributed by atoms with E-state index in [1.54, 1.807) is 30.3 Å². The van der Waals surface area contributed by atoms with Gasteiger partial charge in [-0.2, -0.15) is 5.26 Å². The first-order valence-corrected chi connectivity index (χ1v) is 10.8. The number of nitrogens with two attached hydrogens (primary N) is 1. The zero-order valence-electron chi connectivity index (χ0n) is 16.6. The summed E-state index contributed by atoms with van der Waals surface area (Å²) < 4.78 is 29.8. The Morgan fingerprint density at radius 3 is 2.45 bits per heavy atom. The van der Waals surface area contributed by atoms with Gasteiger partial charge in [0.1, 0.15) is 0 Å². The minimum Gasteiger partial charge on any atom is -0.478 e. The standard InChI is InChI=1S/C22H14N4O6S/c23-11-12-6-7-17(15(8-12)22(28)29)25-21(27)20-16-10-19(33(24,30)31)14(9-18(16)32-26-20)13-4-2-1-3-5-13/h1-10H,(H,25,27)(H,28,29)(H2,24,30,31). The van der Waals surface area contributed by atoms with Crippen LogP contribution in [-0.4, -0.2) is 30.6 Å². The average Bonchev–Trinajstić information content (AvgIpc) is 3.21. The minimum atomic E-state index is -4.19. The Kier molecular flexibility index (Phi) is 5.39. The molecular formula is C22H14N4O6S. The number of hydrogen-bond donors (Lipinski definition) is 3. The highest BCUT2D eigenvalue weighted by atomic mass is 32.2. The fourth-order valence-electron chi connectivity index (χ4n) is 3.29. The van der Waals surface area contributed by atoms with Crippen LogP contribution in [0.5, 0.6) is 0 Å². The van der Waals surface area contributed by atoms with Crippen LogP contribution >= 0.6 is 0 Å². The molecule has 0 fully saturated rings. The van der Waals surface area contributed by atoms with Crippen LogP contribution in [0.1, 0.15) is 26.4 Å². The fourth-order valence-corrected chi connectivity index (χ4v) is 4.05. The zero-order chi connectivity index (χ0) is 23.8. The van der Waals surface area contributed by atoms with E-state index in [9.17, 15) is 23.1 Å². The molecule has 0 atom stereocenters. The van der Waals surface area contributed by atoms with Crippen LogP contribution in [0.4, 0.5) is 5.69 Å². The van der Waals surface area contributed by atoms with Crippen molar-refractivity contribution in [3.05, 3.63) is 77.5 Å². The van der Waals surface area contributed by atoms with Gasteiger partial charge in [-0.15, -0.1) is 0 Å². The molecular weight excluding hydrogens is 448 g/mol. The smallest absolute Gasteiger partial charge is 0.337 e. The third kappa shape index (κ3) is 4.16. The number of primary sulfonamides is 1. The van der Waals surface area contributed by atoms with E-state index in [1.807, 2.05) is 6.07 Å². The fraction of sp³-hybridized carbons (Fsp3) is 0. The summed E-state index contributed by atoms with van der Waals surface area (Å²) in [6, 6.07) is 16.8. The normalized spacial score (nSPS) is 11.2. The van der Waals surface area contributed by atoms with Crippen molar-refractivity contribution in [2.45, 2.75) is 4.90 Å². The molecule has 4 rings (SSSR count). The third-order valence-electron chi connectivity index (χ3n) is 4.81. The molecule has 4 aromatic rings. The highest BCUT2D eigenvalue weighted by Crippen LogP contribution is 2.33. The Labute approximate surface area is 186 Å². The summed E-state index contributed by atoms with van der Waals surface area (Å²) in [5.74, 6) is -2.19. The van der Waals surface area contributed by atoms with Crippen molar-refractivity contribution < 1.29 is 27.6 Å². The summed E-state index contributed by atoms with van der Waals surface area (Å²) in [7, 11) is -4.19. The lowest BCUT2D eigenvalue weighted by molar-refractivity contribution is 0.0698. The van der Waals surface area contributed by atoms with E-state index < -0.39 is 21.9 Å². The number of carboxylic acid groups (broad SMARTS) is 1. The molecule has 0 bridgehead atoms. The number of hydrogen-bond acceptors (Lipinski definition) is 7. The van der Waals surface area contributed by atoms with Gasteiger partial charge in [-0.3, -0.25) is 4.79 Å². The van der Waals surface area contributed by atoms with Gasteiger partial charge in [0.2, 0.25) is 10.0 Å². The number of anilines is 1. The minimum absolute atomic E-state index is 0.0710. The van der Waals surface area contributed by atoms with Crippen LogP contribution in [0.25, 0.3) is 22.1 Å². The molecule has 10 nitrogen and oxygen atoms in total. The predicted molar refractivity (Wildman–Crippen MR) is 117 cm³/mol. The molecule has 0 saturated heterocycles. The monoisotopic (exact) mass is 462 g/mol. The molecule has 11 heteroatoms. The van der Waals surface area contributed by atoms with Crippen LogP contribution in [-0.2, 0) is 10.0 Å². The van der Waals surface area contributed by atoms with Crippen molar-refractivity contribution >= 4 is 38.6 Å². The average molecular weight is 462 g/mol. The van der Waals surface area contributed by atoms with Crippen LogP contribution in [0, 0.1) is 11.3 Å². The lowest BCUT2D eigenvalue weighted by Gasteiger charge is -2.09. The first-order valence-electron chi connectivity index (χ1n) is 9.29. The summed E-state index contributed by atoms with van der Waals surface area (Å²) >= 11 is 0. The van der Waals surface area contributed by atoms with Gasteiger partial charge in [0.15, 0.2) is 11.3 Å². The molecule has 0 aliphatic heterocycles. The third-order valence-corrected chi connectivity index (χ3v) is 5.76. The van der Waals surface area contributed by atoms with Crippen molar-refractivity contribution in [3.8, 4) is 17.2 Å². The number of carbonyl (C=O) groups excluding carboxylic acids is 1. The number of aromatic nitrogens is 1. The highest BCUT2D eigenvalue weighted by Gasteiger charge is 2.24. The molecule has 0 spiro atoms. The van der Waals surface area contributed by atoms with E-state index in [0.717, 1.165) is 6.07 Å². The maximum absolute atomic E-state index is 12.9. The second kappa shape index (κ2) is 8.19. The number of nitriles is 1. The van der Waals surface area contributed by atoms with E-state index >= 15 is 0 Å². The van der Waals surface area contributed by atoms with Crippen LogP contribution in [0.15, 0.2) is 70.1 Å². The molecule has 0 radical (unpaired) electrons. The van der Waals surface area contributed by atoms with E-state index in [2.05, 4.69) is 10.5 Å². The number of carbonyl (C=O) groups is 2. The van der Waals surface area contributed by atoms with E-state index in [-0.39, 0.29) is 43.9 Å². The lowest BCUT2D eigenvalue weighted by Crippen LogP contribution is -2.16. The lowest BCUT2D eigenvalue weighted by atomic mass is 10.0. The quantitative estimate of drug-likeness (QED) is 0.405. The Morgan fingerprint density at radius 2 is 1.82 bits per heavy atom. The van der Waals surface area contributed by atoms with Gasteiger partial charge in [-0.25, -0.2) is 18.4 Å². The number of amides is 1. The van der Waals surface area contributed by atoms with Gasteiger partial charge in [-0.1, -0.05) is 35.5 Å². The van der Waals surface area contributed by atoms with Crippen molar-refractivity contribution in [1.29, 1.82) is 5.26 Å². The molecule has 1 heterocycles. The van der Waals surface area contributed by atoms with Gasteiger partial charge >= 0.3 is 5.97 Å². The molecule has 0 aliphatic rings. The first-order chi connectivity index (χ1) is 15.7. The topological polar surface area (TPSA) is 176 Å². The maximum Gasteiger partial charge on any atom is 0.337 e. The van der Waals surface area contributed by atoms with Crippen molar-refractivity contribution in [3.63, 3.8) is 0 Å². The summed E-state index contributed by atoms with van der Waals surface area (Å²) in [4.78, 5) is 24.2. The van der Waals surface area contributed by atoms with Gasteiger partial charge in [-0.05, 0) is 35.9 Å². The molecule has 3 aromatic carbocycles. The number of carboxylic acids is 1. The molecule has 1 aromatic heterocycles. The number of benzene rings is 3. The van der Waals surface area contributed by atoms with Crippen LogP contribution in [0.2, 0.25) is 0 Å². The molecule has 4 N–H and O–H groups in total. The van der Waals surface area contributed by atoms with Gasteiger partial charge in [0.05, 0.1) is 33.2 Å². The summed E-state index contributed by atoms with van der Waals surface area (Å²) in [5, 5.41) is 30.0. The van der Waals surface area contributed by atoms with E-state index in [0.29, 0.717) is 5.56 Å². The molecule has 1 amide bonds. The van der Waals surface area contributed by atoms with Crippen molar-refractivity contribution in [1.82, 2.24) is 5.16 Å². The number of aromatic carboxylic acids is 1. The highest BCUT2D eigenvalue weighted by molar-refractivity contribution is 7.89. The number of rotatable bonds is 5. The SMILES string of the molecule is N#Cc1ccc(NC(=O)c2noc3cc(-c4ccccc4)c(S(N)(=O)=O)cc23)c(C(=O)O)c1. The molecule has 0 saturated carbocycles. The van der Waals surface area contributed by atoms with Gasteiger partial charge in [0.25, 0.3) is 5.91 Å². The number of nitrogens with zero attached hydrogens (tertiary/aromatic N) is 2. The van der Waals surface area contributed by atoms with Crippen LogP contribution < -0.4 is 10.5 Å². The largest absolute Gasteiger partial charge is 0.478 e. The molecule has 0 aliphatic carbocycles. The van der Waals surface area contributed by atoms with Crippen molar-refractivity contribution in [2.24, 2.45) is 5.14 Å². The predicted octanol–water partition coefficient (Wildman–Crippen LogP) is 2.96. The number of sulfonamides is 1. The molecule has 164 valence electrons. The summed E-state index contributed by atoms with van der Waals surface area (Å²) in [6.07, 6.45) is 0. The Hall–Kier alpha value is -4.53. The molecule has 0 unspecified atom stereocenters. The number of fused-ring (bicyclic) bond motifs is 1. The Balaban J connectivity index is 1.81. The second-order valence-electron chi connectivity index (χ2n) is 6.92. The van der Waals surface area contributed by atoms with E-state index in [1.165, 1.54) is 24.3 Å². The summed E-state index contributed by atoms with van der Waals surface area (Å²) in [5.41, 5.74) is 0.425. The van der Waals surface area contributed by atoms with Gasteiger partial charge < -0.3 is 14.9 Å². The molecule has 33 heavy (non-hydrogen) atoms. The zero-order valence-corrected chi connectivity index (χ0v) is 17.5. The maximum atomic E-state index is 12.9. The summed E-state index contributed by atoms with van der Waals surface area (Å²) in [6.45, 7) is 0. The first kappa shape index (κ1) is 21.7. The van der Waals surface area contributed by atoms with Crippen molar-refractivity contribution in [2.75, 3.05) is 5.32 Å². The van der Waals surface area contributed by atoms with E-state index in [4.69, 9.17) is 14.9 Å². The van der Waals surface area contributed by atoms with Crippen LogP contribution in [0.3, 0.4) is 0 Å². The Bertz CT molecular complexity index is 1570. The number of nitrogens with one attached hydrogen (secondary N) is 1. The second-order valence-corrected chi connectivity index (χ2v) is 8.45. The Morgan fingerprint density at radius 1 is 1.09 bits per heavy atom. The van der Waals surface area contributed by atoms with Gasteiger partial charge in [0, 0.05) is 5.56 Å².